The Labute approximate surface area is 172 Å². The Morgan fingerprint density at radius 1 is 1.00 bits per heavy atom. The number of hydrogen-bond donors (Lipinski definition) is 2. The topological polar surface area (TPSA) is 95.7 Å². The monoisotopic (exact) mass is 416 g/mol. The highest BCUT2D eigenvalue weighted by atomic mass is 32.2. The fourth-order valence-corrected chi connectivity index (χ4v) is 4.51. The number of nitrogens with zero attached hydrogens (tertiary/aromatic N) is 2. The smallest absolute Gasteiger partial charge is 0.248 e. The molecule has 0 spiro atoms. The van der Waals surface area contributed by atoms with Gasteiger partial charge in [0.15, 0.2) is 0 Å². The summed E-state index contributed by atoms with van der Waals surface area (Å²) in [7, 11) is -3.75. The van der Waals surface area contributed by atoms with Crippen molar-refractivity contribution in [2.24, 2.45) is 5.73 Å². The molecular formula is C21H28N4O3S. The van der Waals surface area contributed by atoms with E-state index in [1.807, 2.05) is 24.3 Å². The van der Waals surface area contributed by atoms with Gasteiger partial charge in [-0.1, -0.05) is 37.3 Å². The second-order valence-electron chi connectivity index (χ2n) is 7.20. The molecule has 1 fully saturated rings. The molecule has 0 aromatic heterocycles. The number of nitrogens with one attached hydrogen (secondary N) is 1. The van der Waals surface area contributed by atoms with Crippen LogP contribution in [0.4, 0.5) is 0 Å². The van der Waals surface area contributed by atoms with Gasteiger partial charge in [0, 0.05) is 44.8 Å². The summed E-state index contributed by atoms with van der Waals surface area (Å²) in [5, 5.41) is 0. The molecule has 3 N–H and O–H groups in total. The molecular weight excluding hydrogens is 388 g/mol. The van der Waals surface area contributed by atoms with Gasteiger partial charge in [0.25, 0.3) is 0 Å². The summed E-state index contributed by atoms with van der Waals surface area (Å²) in [6.07, 6.45) is 0. The summed E-state index contributed by atoms with van der Waals surface area (Å²) >= 11 is 0. The minimum absolute atomic E-state index is 0.0296. The molecule has 1 saturated heterocycles. The van der Waals surface area contributed by atoms with E-state index in [0.717, 1.165) is 50.4 Å². The highest BCUT2D eigenvalue weighted by Crippen LogP contribution is 2.16. The summed E-state index contributed by atoms with van der Waals surface area (Å²) in [6, 6.07) is 13.6. The van der Waals surface area contributed by atoms with Crippen LogP contribution in [0.25, 0.3) is 0 Å². The van der Waals surface area contributed by atoms with Gasteiger partial charge in [-0.3, -0.25) is 9.69 Å². The third-order valence-electron chi connectivity index (χ3n) is 5.31. The number of nitrogens with two attached hydrogens (primary N) is 1. The Morgan fingerprint density at radius 3 is 2.31 bits per heavy atom. The molecule has 1 aliphatic heterocycles. The van der Waals surface area contributed by atoms with Crippen molar-refractivity contribution in [2.75, 3.05) is 32.7 Å². The number of amides is 1. The number of carbonyl (C=O) groups excluding carboxylic acids is 1. The third kappa shape index (κ3) is 5.63. The van der Waals surface area contributed by atoms with Crippen molar-refractivity contribution < 1.29 is 13.2 Å². The summed E-state index contributed by atoms with van der Waals surface area (Å²) < 4.78 is 28.0. The van der Waals surface area contributed by atoms with Crippen LogP contribution in [0.3, 0.4) is 0 Å². The molecule has 3 rings (SSSR count). The Hall–Kier alpha value is -2.26. The Morgan fingerprint density at radius 2 is 1.66 bits per heavy atom. The zero-order valence-electron chi connectivity index (χ0n) is 16.7. The van der Waals surface area contributed by atoms with E-state index < -0.39 is 15.9 Å². The Balaban J connectivity index is 1.68. The zero-order valence-corrected chi connectivity index (χ0v) is 17.5. The molecule has 7 nitrogen and oxygen atoms in total. The molecule has 1 heterocycles. The van der Waals surface area contributed by atoms with Crippen molar-refractivity contribution in [1.29, 1.82) is 0 Å². The Kier molecular flexibility index (Phi) is 7.02. The fourth-order valence-electron chi connectivity index (χ4n) is 3.46. The molecule has 1 aliphatic rings. The van der Waals surface area contributed by atoms with Crippen molar-refractivity contribution >= 4 is 15.9 Å². The van der Waals surface area contributed by atoms with Crippen molar-refractivity contribution in [3.05, 3.63) is 65.2 Å². The quantitative estimate of drug-likeness (QED) is 0.678. The number of likely N-dealkylation sites (N-methyl/N-ethyl adjacent to an activating group) is 1. The first-order chi connectivity index (χ1) is 13.9. The highest BCUT2D eigenvalue weighted by molar-refractivity contribution is 7.89. The molecule has 0 aliphatic carbocycles. The van der Waals surface area contributed by atoms with E-state index in [1.54, 1.807) is 0 Å². The van der Waals surface area contributed by atoms with Crippen molar-refractivity contribution in [3.8, 4) is 0 Å². The fraction of sp³-hybridized carbons (Fsp3) is 0.381. The second-order valence-corrected chi connectivity index (χ2v) is 8.96. The van der Waals surface area contributed by atoms with Crippen molar-refractivity contribution in [1.82, 2.24) is 14.5 Å². The van der Waals surface area contributed by atoms with Gasteiger partial charge in [0.2, 0.25) is 15.9 Å². The summed E-state index contributed by atoms with van der Waals surface area (Å²) in [4.78, 5) is 16.2. The van der Waals surface area contributed by atoms with E-state index in [9.17, 15) is 13.2 Å². The minimum Gasteiger partial charge on any atom is -0.366 e. The van der Waals surface area contributed by atoms with Gasteiger partial charge in [-0.2, -0.15) is 0 Å². The molecule has 29 heavy (non-hydrogen) atoms. The van der Waals surface area contributed by atoms with Crippen LogP contribution < -0.4 is 10.5 Å². The maximum atomic E-state index is 12.7. The maximum Gasteiger partial charge on any atom is 0.248 e. The van der Waals surface area contributed by atoms with Gasteiger partial charge in [0.1, 0.15) is 0 Å². The summed E-state index contributed by atoms with van der Waals surface area (Å²) in [6.45, 7) is 8.37. The van der Waals surface area contributed by atoms with Crippen molar-refractivity contribution in [2.45, 2.75) is 24.9 Å². The lowest BCUT2D eigenvalue weighted by Crippen LogP contribution is -2.45. The normalized spacial score (nSPS) is 16.0. The van der Waals surface area contributed by atoms with Gasteiger partial charge in [-0.15, -0.1) is 0 Å². The second kappa shape index (κ2) is 9.49. The zero-order chi connectivity index (χ0) is 20.9. The maximum absolute atomic E-state index is 12.7. The average Bonchev–Trinajstić information content (AvgIpc) is 2.74. The van der Waals surface area contributed by atoms with E-state index in [0.29, 0.717) is 0 Å². The summed E-state index contributed by atoms with van der Waals surface area (Å²) in [5.74, 6) is -0.657. The molecule has 8 heteroatoms. The SMILES string of the molecule is CCN1CCN(Cc2ccccc2CNS(=O)(=O)c2cccc(C(N)=O)c2)CC1. The van der Waals surface area contributed by atoms with Gasteiger partial charge in [0.05, 0.1) is 4.90 Å². The van der Waals surface area contributed by atoms with E-state index in [-0.39, 0.29) is 17.0 Å². The van der Waals surface area contributed by atoms with Crippen molar-refractivity contribution in [3.63, 3.8) is 0 Å². The number of rotatable bonds is 8. The minimum atomic E-state index is -3.75. The molecule has 0 atom stereocenters. The lowest BCUT2D eigenvalue weighted by Gasteiger charge is -2.34. The number of primary amides is 1. The highest BCUT2D eigenvalue weighted by Gasteiger charge is 2.18. The molecule has 0 unspecified atom stereocenters. The van der Waals surface area contributed by atoms with E-state index >= 15 is 0 Å². The van der Waals surface area contributed by atoms with Crippen LogP contribution in [0.5, 0.6) is 0 Å². The first-order valence-electron chi connectivity index (χ1n) is 9.80. The van der Waals surface area contributed by atoms with E-state index in [2.05, 4.69) is 21.4 Å². The van der Waals surface area contributed by atoms with Crippen LogP contribution in [-0.4, -0.2) is 56.8 Å². The predicted molar refractivity (Wildman–Crippen MR) is 113 cm³/mol. The van der Waals surface area contributed by atoms with Crippen LogP contribution >= 0.6 is 0 Å². The van der Waals surface area contributed by atoms with E-state index in [1.165, 1.54) is 24.3 Å². The van der Waals surface area contributed by atoms with Gasteiger partial charge >= 0.3 is 0 Å². The van der Waals surface area contributed by atoms with Crippen LogP contribution in [0.1, 0.15) is 28.4 Å². The van der Waals surface area contributed by atoms with Gasteiger partial charge in [-0.05, 0) is 35.9 Å². The molecule has 156 valence electrons. The Bertz CT molecular complexity index is 954. The van der Waals surface area contributed by atoms with Gasteiger partial charge < -0.3 is 10.6 Å². The van der Waals surface area contributed by atoms with Crippen LogP contribution in [-0.2, 0) is 23.1 Å². The molecule has 0 radical (unpaired) electrons. The first-order valence-corrected chi connectivity index (χ1v) is 11.3. The largest absolute Gasteiger partial charge is 0.366 e. The van der Waals surface area contributed by atoms with Crippen LogP contribution in [0, 0.1) is 0 Å². The van der Waals surface area contributed by atoms with E-state index in [4.69, 9.17) is 5.73 Å². The number of carbonyl (C=O) groups is 1. The lowest BCUT2D eigenvalue weighted by atomic mass is 10.1. The molecule has 0 saturated carbocycles. The summed E-state index contributed by atoms with van der Waals surface area (Å²) in [5.41, 5.74) is 7.48. The molecule has 2 aromatic rings. The number of sulfonamides is 1. The standard InChI is InChI=1S/C21H28N4O3S/c1-2-24-10-12-25(13-11-24)16-19-7-4-3-6-18(19)15-23-29(27,28)20-9-5-8-17(14-20)21(22)26/h3-9,14,23H,2,10-13,15-16H2,1H3,(H2,22,26). The number of benzene rings is 2. The molecule has 0 bridgehead atoms. The number of hydrogen-bond acceptors (Lipinski definition) is 5. The lowest BCUT2D eigenvalue weighted by molar-refractivity contribution is 0.1000. The average molecular weight is 417 g/mol. The van der Waals surface area contributed by atoms with Gasteiger partial charge in [-0.25, -0.2) is 13.1 Å². The predicted octanol–water partition coefficient (Wildman–Crippen LogP) is 1.40. The molecule has 2 aromatic carbocycles. The number of piperazine rings is 1. The first kappa shape index (κ1) is 21.4. The molecule has 1 amide bonds. The third-order valence-corrected chi connectivity index (χ3v) is 6.70. The van der Waals surface area contributed by atoms with Crippen LogP contribution in [0.2, 0.25) is 0 Å². The van der Waals surface area contributed by atoms with Crippen LogP contribution in [0.15, 0.2) is 53.4 Å².